The number of hydrogen-bond donors (Lipinski definition) is 2. The van der Waals surface area contributed by atoms with E-state index in [1.807, 2.05) is 0 Å². The Kier molecular flexibility index (Phi) is 27.1. The minimum absolute atomic E-state index is 0.00752. The summed E-state index contributed by atoms with van der Waals surface area (Å²) in [5.41, 5.74) is 1.12. The maximum absolute atomic E-state index is 13.2. The van der Waals surface area contributed by atoms with Gasteiger partial charge in [0.1, 0.15) is 6.04 Å². The molecule has 0 saturated carbocycles. The predicted octanol–water partition coefficient (Wildman–Crippen LogP) is 10.9. The van der Waals surface area contributed by atoms with Crippen LogP contribution in [0.2, 0.25) is 0 Å². The van der Waals surface area contributed by atoms with Crippen LogP contribution >= 0.6 is 0 Å². The molecule has 1 aliphatic rings. The van der Waals surface area contributed by atoms with Gasteiger partial charge < -0.3 is 15.5 Å². The van der Waals surface area contributed by atoms with Crippen molar-refractivity contribution in [2.45, 2.75) is 206 Å². The number of likely N-dealkylation sites (N-methyl/N-ethyl adjacent to an activating group) is 1. The third-order valence-electron chi connectivity index (χ3n) is 9.55. The lowest BCUT2D eigenvalue weighted by Crippen LogP contribution is -2.47. The molecule has 0 radical (unpaired) electrons. The van der Waals surface area contributed by atoms with Crippen molar-refractivity contribution >= 4 is 11.8 Å². The Hall–Kier alpha value is -1.78. The maximum Gasteiger partial charge on any atom is 0.242 e. The molecule has 0 aliphatic carbocycles. The highest BCUT2D eigenvalue weighted by Gasteiger charge is 2.22. The molecule has 5 heteroatoms. The fourth-order valence-corrected chi connectivity index (χ4v) is 6.28. The minimum atomic E-state index is -0.511. The van der Waals surface area contributed by atoms with Crippen LogP contribution in [0.4, 0.5) is 0 Å². The molecule has 0 fully saturated rings. The van der Waals surface area contributed by atoms with Gasteiger partial charge in [0.2, 0.25) is 11.8 Å². The minimum Gasteiger partial charge on any atom is -0.374 e. The second-order valence-electron chi connectivity index (χ2n) is 14.0. The van der Waals surface area contributed by atoms with E-state index < -0.39 is 6.04 Å². The van der Waals surface area contributed by atoms with Crippen molar-refractivity contribution in [3.63, 3.8) is 0 Å². The van der Waals surface area contributed by atoms with E-state index >= 15 is 0 Å². The van der Waals surface area contributed by atoms with Gasteiger partial charge in [-0.25, -0.2) is 0 Å². The van der Waals surface area contributed by atoms with Crippen LogP contribution in [0.3, 0.4) is 0 Å². The lowest BCUT2D eigenvalue weighted by molar-refractivity contribution is -0.129. The molecular formula is C40H75N3O2. The van der Waals surface area contributed by atoms with E-state index in [0.29, 0.717) is 19.4 Å². The first kappa shape index (κ1) is 41.2. The molecule has 1 heterocycles. The van der Waals surface area contributed by atoms with Crippen LogP contribution in [0.25, 0.3) is 0 Å². The molecule has 0 aromatic heterocycles. The SMILES string of the molecule is CCCCCCCCCCCCCCCCNC(=O)C(CC1=CC(C)N(C)C=C1)NC(=O)CCCCCCCCCCCCC. The van der Waals surface area contributed by atoms with Crippen molar-refractivity contribution in [1.82, 2.24) is 15.5 Å². The zero-order valence-corrected chi connectivity index (χ0v) is 30.4. The first-order chi connectivity index (χ1) is 22.0. The molecule has 45 heavy (non-hydrogen) atoms. The Morgan fingerprint density at radius 2 is 1.09 bits per heavy atom. The molecule has 1 aliphatic heterocycles. The molecule has 0 aromatic carbocycles. The van der Waals surface area contributed by atoms with Crippen LogP contribution in [0, 0.1) is 0 Å². The second-order valence-corrected chi connectivity index (χ2v) is 14.0. The molecule has 2 unspecified atom stereocenters. The first-order valence-corrected chi connectivity index (χ1v) is 19.7. The average Bonchev–Trinajstić information content (AvgIpc) is 3.03. The summed E-state index contributed by atoms with van der Waals surface area (Å²) < 4.78 is 0. The normalized spacial score (nSPS) is 15.2. The topological polar surface area (TPSA) is 61.4 Å². The van der Waals surface area contributed by atoms with Gasteiger partial charge in [-0.1, -0.05) is 168 Å². The molecule has 2 amide bonds. The number of amides is 2. The quantitative estimate of drug-likeness (QED) is 0.0750. The molecule has 0 aromatic rings. The highest BCUT2D eigenvalue weighted by molar-refractivity contribution is 5.87. The Labute approximate surface area is 280 Å². The molecule has 0 saturated heterocycles. The van der Waals surface area contributed by atoms with Gasteiger partial charge in [-0.15, -0.1) is 0 Å². The van der Waals surface area contributed by atoms with Crippen LogP contribution in [0.5, 0.6) is 0 Å². The third kappa shape index (κ3) is 24.1. The highest BCUT2D eigenvalue weighted by atomic mass is 16.2. The van der Waals surface area contributed by atoms with Crippen LogP contribution < -0.4 is 10.6 Å². The Balaban J connectivity index is 2.25. The summed E-state index contributed by atoms with van der Waals surface area (Å²) in [6.45, 7) is 7.39. The van der Waals surface area contributed by atoms with Crippen LogP contribution in [0.15, 0.2) is 23.9 Å². The van der Waals surface area contributed by atoms with Crippen molar-refractivity contribution in [1.29, 1.82) is 0 Å². The molecule has 1 rings (SSSR count). The highest BCUT2D eigenvalue weighted by Crippen LogP contribution is 2.18. The van der Waals surface area contributed by atoms with E-state index in [1.54, 1.807) is 0 Å². The molecule has 0 bridgehead atoms. The number of rotatable bonds is 31. The monoisotopic (exact) mass is 630 g/mol. The van der Waals surface area contributed by atoms with Gasteiger partial charge in [0.05, 0.1) is 0 Å². The largest absolute Gasteiger partial charge is 0.374 e. The molecular weight excluding hydrogens is 554 g/mol. The van der Waals surface area contributed by atoms with Gasteiger partial charge in [0.25, 0.3) is 0 Å². The van der Waals surface area contributed by atoms with Gasteiger partial charge >= 0.3 is 0 Å². The summed E-state index contributed by atoms with van der Waals surface area (Å²) in [7, 11) is 2.06. The third-order valence-corrected chi connectivity index (χ3v) is 9.55. The Morgan fingerprint density at radius 3 is 1.53 bits per heavy atom. The van der Waals surface area contributed by atoms with Crippen molar-refractivity contribution in [3.05, 3.63) is 23.9 Å². The Bertz CT molecular complexity index is 778. The second kappa shape index (κ2) is 29.6. The number of hydrogen-bond acceptors (Lipinski definition) is 3. The van der Waals surface area contributed by atoms with E-state index in [1.165, 1.54) is 135 Å². The van der Waals surface area contributed by atoms with Crippen LogP contribution in [0.1, 0.15) is 194 Å². The van der Waals surface area contributed by atoms with Crippen molar-refractivity contribution in [2.75, 3.05) is 13.6 Å². The fourth-order valence-electron chi connectivity index (χ4n) is 6.28. The van der Waals surface area contributed by atoms with E-state index in [9.17, 15) is 9.59 Å². The van der Waals surface area contributed by atoms with Gasteiger partial charge in [-0.3, -0.25) is 9.59 Å². The first-order valence-electron chi connectivity index (χ1n) is 19.7. The van der Waals surface area contributed by atoms with Crippen molar-refractivity contribution in [3.8, 4) is 0 Å². The zero-order chi connectivity index (χ0) is 32.8. The average molecular weight is 630 g/mol. The number of nitrogens with one attached hydrogen (secondary N) is 2. The van der Waals surface area contributed by atoms with E-state index in [0.717, 1.165) is 31.3 Å². The van der Waals surface area contributed by atoms with Gasteiger partial charge in [-0.05, 0) is 37.6 Å². The lowest BCUT2D eigenvalue weighted by Gasteiger charge is -2.26. The smallest absolute Gasteiger partial charge is 0.242 e. The van der Waals surface area contributed by atoms with Crippen molar-refractivity contribution < 1.29 is 9.59 Å². The number of nitrogens with zero attached hydrogens (tertiary/aromatic N) is 1. The number of allylic oxidation sites excluding steroid dienone is 1. The van der Waals surface area contributed by atoms with Gasteiger partial charge in [-0.2, -0.15) is 0 Å². The van der Waals surface area contributed by atoms with Gasteiger partial charge in [0, 0.05) is 32.5 Å². The maximum atomic E-state index is 13.2. The molecule has 2 N–H and O–H groups in total. The van der Waals surface area contributed by atoms with E-state index in [2.05, 4.69) is 61.7 Å². The summed E-state index contributed by atoms with van der Waals surface area (Å²) in [6.07, 6.45) is 39.9. The summed E-state index contributed by atoms with van der Waals surface area (Å²) >= 11 is 0. The number of carbonyl (C=O) groups excluding carboxylic acids is 2. The van der Waals surface area contributed by atoms with Crippen LogP contribution in [-0.2, 0) is 9.59 Å². The molecule has 5 nitrogen and oxygen atoms in total. The summed E-state index contributed by atoms with van der Waals surface area (Å²) in [5.74, 6) is -0.0361. The Morgan fingerprint density at radius 1 is 0.667 bits per heavy atom. The van der Waals surface area contributed by atoms with Crippen molar-refractivity contribution in [2.24, 2.45) is 0 Å². The standard InChI is InChI=1S/C40H75N3O2/c1-5-7-9-11-13-15-17-18-19-21-23-25-27-29-32-41-40(45)38(35-37-31-33-43(4)36(3)34-37)42-39(44)30-28-26-24-22-20-16-14-12-10-8-6-2/h31,33-34,36,38H,5-30,32,35H2,1-4H3,(H,41,45)(H,42,44). The lowest BCUT2D eigenvalue weighted by atomic mass is 10.00. The summed E-state index contributed by atoms with van der Waals surface area (Å²) in [6, 6.07) is -0.223. The molecule has 0 spiro atoms. The molecule has 262 valence electrons. The predicted molar refractivity (Wildman–Crippen MR) is 195 cm³/mol. The summed E-state index contributed by atoms with van der Waals surface area (Å²) in [5, 5.41) is 6.23. The number of unbranched alkanes of at least 4 members (excludes halogenated alkanes) is 23. The van der Waals surface area contributed by atoms with Crippen LogP contribution in [-0.4, -0.2) is 42.4 Å². The van der Waals surface area contributed by atoms with Gasteiger partial charge in [0.15, 0.2) is 0 Å². The zero-order valence-electron chi connectivity index (χ0n) is 30.4. The summed E-state index contributed by atoms with van der Waals surface area (Å²) in [4.78, 5) is 28.2. The fraction of sp³-hybridized carbons (Fsp3) is 0.850. The molecule has 2 atom stereocenters. The number of carbonyl (C=O) groups is 2. The van der Waals surface area contributed by atoms with E-state index in [-0.39, 0.29) is 17.9 Å². The van der Waals surface area contributed by atoms with E-state index in [4.69, 9.17) is 0 Å².